The Bertz CT molecular complexity index is 1350. The predicted molar refractivity (Wildman–Crippen MR) is 184 cm³/mol. The molecule has 3 rings (SSSR count). The minimum Gasteiger partial charge on any atom is -0.453 e. The van der Waals surface area contributed by atoms with Gasteiger partial charge in [0.1, 0.15) is 17.0 Å². The summed E-state index contributed by atoms with van der Waals surface area (Å²) in [6.45, 7) is 8.54. The summed E-state index contributed by atoms with van der Waals surface area (Å²) in [5, 5.41) is 16.4. The summed E-state index contributed by atoms with van der Waals surface area (Å²) < 4.78 is 20.4. The van der Waals surface area contributed by atoms with Crippen LogP contribution in [0, 0.1) is 5.92 Å². The Hall–Kier alpha value is -3.73. The van der Waals surface area contributed by atoms with Gasteiger partial charge in [0.2, 0.25) is 5.91 Å². The minimum absolute atomic E-state index is 0.146. The van der Waals surface area contributed by atoms with Crippen molar-refractivity contribution in [2.24, 2.45) is 5.92 Å². The van der Waals surface area contributed by atoms with E-state index in [2.05, 4.69) is 24.5 Å². The summed E-state index contributed by atoms with van der Waals surface area (Å²) in [5.74, 6) is -0.398. The molecule has 3 aromatic rings. The molecule has 250 valence electrons. The van der Waals surface area contributed by atoms with Gasteiger partial charge in [0.05, 0.1) is 18.6 Å². The third-order valence-electron chi connectivity index (χ3n) is 8.03. The zero-order chi connectivity index (χ0) is 33.7. The monoisotopic (exact) mass is 650 g/mol. The van der Waals surface area contributed by atoms with E-state index in [4.69, 9.17) is 10.5 Å². The number of methoxy groups -OCH3 is 1. The molecule has 0 aliphatic carbocycles. The molecule has 3 atom stereocenters. The normalized spacial score (nSPS) is 13.8. The molecule has 46 heavy (non-hydrogen) atoms. The zero-order valence-electron chi connectivity index (χ0n) is 27.6. The van der Waals surface area contributed by atoms with Gasteiger partial charge < -0.3 is 26.2 Å². The molecule has 0 heterocycles. The molecule has 10 heteroatoms. The van der Waals surface area contributed by atoms with Crippen molar-refractivity contribution in [2.75, 3.05) is 26.0 Å². The largest absolute Gasteiger partial charge is 0.453 e. The highest BCUT2D eigenvalue weighted by molar-refractivity contribution is 7.82. The highest BCUT2D eigenvalue weighted by atomic mass is 32.2. The number of alkyl carbamates (subject to hydrolysis) is 1. The second-order valence-corrected chi connectivity index (χ2v) is 14.1. The molecule has 0 fully saturated rings. The average Bonchev–Trinajstić information content (AvgIpc) is 3.04. The lowest BCUT2D eigenvalue weighted by atomic mass is 9.84. The van der Waals surface area contributed by atoms with Gasteiger partial charge in [-0.25, -0.2) is 13.3 Å². The number of aliphatic hydroxyl groups excluding tert-OH is 1. The van der Waals surface area contributed by atoms with E-state index in [-0.39, 0.29) is 18.6 Å². The number of aliphatic hydroxyl groups is 1. The first kappa shape index (κ1) is 36.7. The van der Waals surface area contributed by atoms with E-state index < -0.39 is 34.6 Å². The van der Waals surface area contributed by atoms with Crippen LogP contribution in [0.15, 0.2) is 89.8 Å². The number of amides is 2. The molecule has 3 aromatic carbocycles. The van der Waals surface area contributed by atoms with Gasteiger partial charge in [-0.15, -0.1) is 0 Å². The summed E-state index contributed by atoms with van der Waals surface area (Å²) in [7, 11) is -0.194. The van der Waals surface area contributed by atoms with Crippen LogP contribution in [-0.2, 0) is 20.5 Å². The predicted octanol–water partition coefficient (Wildman–Crippen LogP) is 5.62. The number of hydrogen-bond donors (Lipinski definition) is 4. The van der Waals surface area contributed by atoms with Crippen molar-refractivity contribution in [1.29, 1.82) is 0 Å². The van der Waals surface area contributed by atoms with Gasteiger partial charge in [-0.3, -0.25) is 4.79 Å². The van der Waals surface area contributed by atoms with E-state index in [0.717, 1.165) is 17.5 Å². The lowest BCUT2D eigenvalue weighted by Crippen LogP contribution is -2.55. The number of ether oxygens (including phenoxy) is 1. The third-order valence-corrected chi connectivity index (χ3v) is 9.61. The van der Waals surface area contributed by atoms with Crippen molar-refractivity contribution < 1.29 is 23.6 Å². The van der Waals surface area contributed by atoms with Gasteiger partial charge >= 0.3 is 6.09 Å². The fourth-order valence-electron chi connectivity index (χ4n) is 5.47. The number of rotatable bonds is 17. The molecule has 0 aromatic heterocycles. The maximum atomic E-state index is 14.0. The van der Waals surface area contributed by atoms with Crippen LogP contribution in [0.1, 0.15) is 70.4 Å². The van der Waals surface area contributed by atoms with Crippen molar-refractivity contribution >= 4 is 28.7 Å². The van der Waals surface area contributed by atoms with Crippen LogP contribution in [0.4, 0.5) is 10.5 Å². The van der Waals surface area contributed by atoms with E-state index in [1.165, 1.54) is 7.11 Å². The topological polar surface area (TPSA) is 134 Å². The van der Waals surface area contributed by atoms with E-state index in [0.29, 0.717) is 42.3 Å². The molecular formula is C36H50N4O5S. The molecule has 0 bridgehead atoms. The number of nitrogens with one attached hydrogen (secondary N) is 2. The molecule has 2 amide bonds. The quantitative estimate of drug-likeness (QED) is 0.140. The van der Waals surface area contributed by atoms with Gasteiger partial charge in [0, 0.05) is 29.7 Å². The van der Waals surface area contributed by atoms with E-state index in [1.807, 2.05) is 78.8 Å². The summed E-state index contributed by atoms with van der Waals surface area (Å²) in [6, 6.07) is 24.9. The summed E-state index contributed by atoms with van der Waals surface area (Å²) >= 11 is 0. The Balaban J connectivity index is 1.77. The van der Waals surface area contributed by atoms with Crippen LogP contribution in [0.5, 0.6) is 0 Å². The number of nitrogen functional groups attached to an aromatic ring is 1. The number of carbonyl (C=O) groups is 2. The zero-order valence-corrected chi connectivity index (χ0v) is 28.5. The number of carbonyl (C=O) groups excluding carboxylic acids is 2. The smallest absolute Gasteiger partial charge is 0.407 e. The first-order valence-electron chi connectivity index (χ1n) is 15.9. The maximum absolute atomic E-state index is 14.0. The highest BCUT2D eigenvalue weighted by Gasteiger charge is 2.35. The van der Waals surface area contributed by atoms with Crippen LogP contribution in [0.3, 0.4) is 0 Å². The number of hydrogen-bond acceptors (Lipinski definition) is 6. The molecule has 3 unspecified atom stereocenters. The van der Waals surface area contributed by atoms with E-state index in [1.54, 1.807) is 24.3 Å². The molecule has 5 N–H and O–H groups in total. The Morgan fingerprint density at radius 3 is 2.00 bits per heavy atom. The van der Waals surface area contributed by atoms with Crippen LogP contribution in [-0.4, -0.2) is 63.5 Å². The van der Waals surface area contributed by atoms with Crippen LogP contribution in [0.2, 0.25) is 0 Å². The fourth-order valence-corrected chi connectivity index (χ4v) is 6.82. The van der Waals surface area contributed by atoms with Crippen LogP contribution >= 0.6 is 0 Å². The minimum atomic E-state index is -1.47. The van der Waals surface area contributed by atoms with Crippen molar-refractivity contribution in [3.05, 3.63) is 96.1 Å². The molecule has 0 spiro atoms. The van der Waals surface area contributed by atoms with Crippen molar-refractivity contribution in [2.45, 2.75) is 81.8 Å². The van der Waals surface area contributed by atoms with Crippen LogP contribution < -0.4 is 16.4 Å². The molecular weight excluding hydrogens is 600 g/mol. The number of anilines is 1. The number of nitrogens with zero attached hydrogens (tertiary/aromatic N) is 1. The second kappa shape index (κ2) is 17.8. The highest BCUT2D eigenvalue weighted by Crippen LogP contribution is 2.29. The van der Waals surface area contributed by atoms with Crippen molar-refractivity contribution in [3.8, 4) is 0 Å². The van der Waals surface area contributed by atoms with E-state index in [9.17, 15) is 18.9 Å². The van der Waals surface area contributed by atoms with Gasteiger partial charge in [0.15, 0.2) is 0 Å². The number of nitrogens with two attached hydrogens (primary N) is 1. The lowest BCUT2D eigenvalue weighted by molar-refractivity contribution is -0.125. The first-order chi connectivity index (χ1) is 22.0. The molecule has 0 radical (unpaired) electrons. The molecule has 0 saturated carbocycles. The summed E-state index contributed by atoms with van der Waals surface area (Å²) in [4.78, 5) is 27.1. The van der Waals surface area contributed by atoms with Gasteiger partial charge in [-0.05, 0) is 80.8 Å². The van der Waals surface area contributed by atoms with E-state index >= 15 is 0 Å². The SMILES string of the molecule is COC(=O)NC(C(=O)NC(C)(C)CCCC(CO)N(CCC(C)C)S(=O)c1ccc(N)cc1)C(c1ccccc1)c1ccccc1. The Kier molecular flexibility index (Phi) is 14.2. The fraction of sp³-hybridized carbons (Fsp3) is 0.444. The Labute approximate surface area is 276 Å². The Morgan fingerprint density at radius 2 is 1.50 bits per heavy atom. The maximum Gasteiger partial charge on any atom is 0.407 e. The second-order valence-electron chi connectivity index (χ2n) is 12.7. The standard InChI is InChI=1S/C36H50N4O5S/c1-26(2)22-24-40(46(44)31-20-18-29(37)19-21-31)30(25-41)17-12-23-36(3,4)39-34(42)33(38-35(43)45-5)32(27-13-8-6-9-14-27)28-15-10-7-11-16-28/h6-11,13-16,18-21,26,30,32-33,41H,12,17,22-25,37H2,1-5H3,(H,38,43)(H,39,42). The molecule has 0 aliphatic heterocycles. The van der Waals surface area contributed by atoms with Crippen molar-refractivity contribution in [3.63, 3.8) is 0 Å². The third kappa shape index (κ3) is 11.0. The molecule has 0 saturated heterocycles. The van der Waals surface area contributed by atoms with Crippen molar-refractivity contribution in [1.82, 2.24) is 14.9 Å². The lowest BCUT2D eigenvalue weighted by Gasteiger charge is -2.34. The first-order valence-corrected chi connectivity index (χ1v) is 17.0. The Morgan fingerprint density at radius 1 is 0.935 bits per heavy atom. The number of benzene rings is 3. The van der Waals surface area contributed by atoms with Gasteiger partial charge in [-0.2, -0.15) is 0 Å². The van der Waals surface area contributed by atoms with Gasteiger partial charge in [-0.1, -0.05) is 74.5 Å². The summed E-state index contributed by atoms with van der Waals surface area (Å²) in [6.07, 6.45) is 1.96. The molecule has 9 nitrogen and oxygen atoms in total. The van der Waals surface area contributed by atoms with Gasteiger partial charge in [0.25, 0.3) is 0 Å². The van der Waals surface area contributed by atoms with Crippen LogP contribution in [0.25, 0.3) is 0 Å². The average molecular weight is 651 g/mol. The molecule has 0 aliphatic rings. The summed E-state index contributed by atoms with van der Waals surface area (Å²) in [5.41, 5.74) is 7.55.